The third-order valence-corrected chi connectivity index (χ3v) is 5.61. The lowest BCUT2D eigenvalue weighted by atomic mass is 9.74. The molecule has 20 heavy (non-hydrogen) atoms. The van der Waals surface area contributed by atoms with E-state index in [1.54, 1.807) is 11.3 Å². The summed E-state index contributed by atoms with van der Waals surface area (Å²) >= 11 is 1.77. The summed E-state index contributed by atoms with van der Waals surface area (Å²) in [4.78, 5) is 7.15. The van der Waals surface area contributed by atoms with Crippen LogP contribution in [-0.2, 0) is 6.42 Å². The van der Waals surface area contributed by atoms with E-state index in [1.807, 2.05) is 0 Å². The largest absolute Gasteiger partial charge is 0.312 e. The van der Waals surface area contributed by atoms with Crippen molar-refractivity contribution in [3.8, 4) is 0 Å². The maximum atomic E-state index is 4.68. The topological polar surface area (TPSA) is 28.2 Å². The van der Waals surface area contributed by atoms with Gasteiger partial charge in [-0.25, -0.2) is 4.98 Å². The fourth-order valence-electron chi connectivity index (χ4n) is 3.68. The quantitative estimate of drug-likeness (QED) is 0.873. The van der Waals surface area contributed by atoms with E-state index >= 15 is 0 Å². The molecule has 0 amide bonds. The lowest BCUT2D eigenvalue weighted by molar-refractivity contribution is 0.0572. The summed E-state index contributed by atoms with van der Waals surface area (Å²) < 4.78 is 0. The fraction of sp³-hybridized carbons (Fsp3) is 0.812. The van der Waals surface area contributed by atoms with Gasteiger partial charge < -0.3 is 10.2 Å². The second kappa shape index (κ2) is 7.01. The molecule has 1 saturated carbocycles. The van der Waals surface area contributed by atoms with Crippen molar-refractivity contribution >= 4 is 11.3 Å². The molecule has 1 heterocycles. The van der Waals surface area contributed by atoms with Crippen LogP contribution in [0.3, 0.4) is 0 Å². The number of aryl methyl sites for hydroxylation is 1. The molecular formula is C16H29N3S. The molecule has 3 nitrogen and oxygen atoms in total. The molecule has 0 aliphatic heterocycles. The van der Waals surface area contributed by atoms with Gasteiger partial charge in [0.25, 0.3) is 0 Å². The van der Waals surface area contributed by atoms with Crippen molar-refractivity contribution in [2.45, 2.75) is 64.0 Å². The number of nitrogens with zero attached hydrogens (tertiary/aromatic N) is 2. The molecule has 1 aromatic heterocycles. The van der Waals surface area contributed by atoms with Gasteiger partial charge in [-0.05, 0) is 40.4 Å². The Bertz CT molecular complexity index is 408. The molecule has 114 valence electrons. The van der Waals surface area contributed by atoms with Crippen molar-refractivity contribution in [3.05, 3.63) is 16.1 Å². The minimum absolute atomic E-state index is 0.297. The van der Waals surface area contributed by atoms with E-state index in [1.165, 1.54) is 42.8 Å². The summed E-state index contributed by atoms with van der Waals surface area (Å²) in [5.41, 5.74) is 1.55. The Hall–Kier alpha value is -0.450. The van der Waals surface area contributed by atoms with Gasteiger partial charge in [-0.1, -0.05) is 26.2 Å². The van der Waals surface area contributed by atoms with Crippen LogP contribution in [-0.4, -0.2) is 42.1 Å². The second-order valence-corrected chi connectivity index (χ2v) is 7.29. The predicted molar refractivity (Wildman–Crippen MR) is 87.5 cm³/mol. The SMILES string of the molecule is CCNC(Cc1csc(C)n1)C1(N(C)C)CCCCC1. The minimum Gasteiger partial charge on any atom is -0.312 e. The highest BCUT2D eigenvalue weighted by molar-refractivity contribution is 7.09. The molecular weight excluding hydrogens is 266 g/mol. The van der Waals surface area contributed by atoms with Crippen LogP contribution < -0.4 is 5.32 Å². The lowest BCUT2D eigenvalue weighted by Crippen LogP contribution is -2.60. The molecule has 1 aliphatic carbocycles. The average Bonchev–Trinajstić information content (AvgIpc) is 2.84. The monoisotopic (exact) mass is 295 g/mol. The molecule has 1 fully saturated rings. The van der Waals surface area contributed by atoms with E-state index in [0.29, 0.717) is 11.6 Å². The normalized spacial score (nSPS) is 20.2. The Kier molecular flexibility index (Phi) is 5.58. The van der Waals surface area contributed by atoms with Gasteiger partial charge in [0.05, 0.1) is 10.7 Å². The molecule has 0 spiro atoms. The summed E-state index contributed by atoms with van der Waals surface area (Å²) in [7, 11) is 4.50. The predicted octanol–water partition coefficient (Wildman–Crippen LogP) is 3.24. The van der Waals surface area contributed by atoms with Crippen LogP contribution in [0.2, 0.25) is 0 Å². The zero-order valence-electron chi connectivity index (χ0n) is 13.4. The van der Waals surface area contributed by atoms with E-state index in [9.17, 15) is 0 Å². The van der Waals surface area contributed by atoms with Gasteiger partial charge in [0.1, 0.15) is 0 Å². The molecule has 1 N–H and O–H groups in total. The maximum absolute atomic E-state index is 4.68. The summed E-state index contributed by atoms with van der Waals surface area (Å²) in [5.74, 6) is 0. The van der Waals surface area contributed by atoms with Gasteiger partial charge in [-0.3, -0.25) is 0 Å². The second-order valence-electron chi connectivity index (χ2n) is 6.23. The summed E-state index contributed by atoms with van der Waals surface area (Å²) in [5, 5.41) is 7.16. The van der Waals surface area contributed by atoms with Crippen LogP contribution >= 0.6 is 11.3 Å². The molecule has 2 rings (SSSR count). The van der Waals surface area contributed by atoms with Gasteiger partial charge in [0, 0.05) is 23.4 Å². The van der Waals surface area contributed by atoms with Crippen LogP contribution in [0.15, 0.2) is 5.38 Å². The lowest BCUT2D eigenvalue weighted by Gasteiger charge is -2.49. The Morgan fingerprint density at radius 3 is 2.55 bits per heavy atom. The molecule has 1 unspecified atom stereocenters. The third kappa shape index (κ3) is 3.41. The number of hydrogen-bond donors (Lipinski definition) is 1. The van der Waals surface area contributed by atoms with Gasteiger partial charge >= 0.3 is 0 Å². The summed E-state index contributed by atoms with van der Waals surface area (Å²) in [6, 6.07) is 0.504. The first-order chi connectivity index (χ1) is 9.58. The van der Waals surface area contributed by atoms with Crippen LogP contribution in [0.1, 0.15) is 49.7 Å². The average molecular weight is 295 g/mol. The molecule has 0 bridgehead atoms. The Morgan fingerprint density at radius 2 is 2.05 bits per heavy atom. The van der Waals surface area contributed by atoms with E-state index in [4.69, 9.17) is 0 Å². The van der Waals surface area contributed by atoms with Crippen molar-refractivity contribution in [2.75, 3.05) is 20.6 Å². The number of thiazole rings is 1. The van der Waals surface area contributed by atoms with Crippen molar-refractivity contribution < 1.29 is 0 Å². The van der Waals surface area contributed by atoms with Crippen molar-refractivity contribution in [3.63, 3.8) is 0 Å². The first kappa shape index (κ1) is 15.9. The van der Waals surface area contributed by atoms with E-state index in [2.05, 4.69) is 48.5 Å². The molecule has 0 aromatic carbocycles. The molecule has 0 radical (unpaired) electrons. The van der Waals surface area contributed by atoms with Crippen LogP contribution in [0.25, 0.3) is 0 Å². The number of nitrogens with one attached hydrogen (secondary N) is 1. The number of hydrogen-bond acceptors (Lipinski definition) is 4. The van der Waals surface area contributed by atoms with Crippen LogP contribution in [0, 0.1) is 6.92 Å². The highest BCUT2D eigenvalue weighted by Gasteiger charge is 2.41. The highest BCUT2D eigenvalue weighted by atomic mass is 32.1. The molecule has 0 saturated heterocycles. The van der Waals surface area contributed by atoms with Gasteiger partial charge in [0.15, 0.2) is 0 Å². The Morgan fingerprint density at radius 1 is 1.35 bits per heavy atom. The van der Waals surface area contributed by atoms with Crippen molar-refractivity contribution in [1.29, 1.82) is 0 Å². The zero-order chi connectivity index (χ0) is 14.6. The summed E-state index contributed by atoms with van der Waals surface area (Å²) in [6.07, 6.45) is 7.77. The standard InChI is InChI=1S/C16H29N3S/c1-5-17-15(11-14-12-20-13(2)18-14)16(19(3)4)9-7-6-8-10-16/h12,15,17H,5-11H2,1-4H3. The van der Waals surface area contributed by atoms with Crippen LogP contribution in [0.5, 0.6) is 0 Å². The van der Waals surface area contributed by atoms with Gasteiger partial charge in [0.2, 0.25) is 0 Å². The smallest absolute Gasteiger partial charge is 0.0897 e. The zero-order valence-corrected chi connectivity index (χ0v) is 14.2. The first-order valence-electron chi connectivity index (χ1n) is 7.90. The maximum Gasteiger partial charge on any atom is 0.0897 e. The van der Waals surface area contributed by atoms with E-state index < -0.39 is 0 Å². The third-order valence-electron chi connectivity index (χ3n) is 4.79. The highest BCUT2D eigenvalue weighted by Crippen LogP contribution is 2.36. The fourth-order valence-corrected chi connectivity index (χ4v) is 4.31. The number of aromatic nitrogens is 1. The molecule has 1 atom stereocenters. The molecule has 1 aromatic rings. The number of likely N-dealkylation sites (N-methyl/N-ethyl adjacent to an activating group) is 2. The van der Waals surface area contributed by atoms with E-state index in [0.717, 1.165) is 13.0 Å². The van der Waals surface area contributed by atoms with Crippen molar-refractivity contribution in [1.82, 2.24) is 15.2 Å². The summed E-state index contributed by atoms with van der Waals surface area (Å²) in [6.45, 7) is 5.34. The van der Waals surface area contributed by atoms with Gasteiger partial charge in [-0.2, -0.15) is 0 Å². The van der Waals surface area contributed by atoms with Gasteiger partial charge in [-0.15, -0.1) is 11.3 Å². The van der Waals surface area contributed by atoms with E-state index in [-0.39, 0.29) is 0 Å². The van der Waals surface area contributed by atoms with Crippen molar-refractivity contribution in [2.24, 2.45) is 0 Å². The molecule has 1 aliphatic rings. The minimum atomic E-state index is 0.297. The Labute approximate surface area is 127 Å². The van der Waals surface area contributed by atoms with Crippen LogP contribution in [0.4, 0.5) is 0 Å². The number of rotatable bonds is 6. The first-order valence-corrected chi connectivity index (χ1v) is 8.78. The Balaban J connectivity index is 2.19. The molecule has 4 heteroatoms.